The summed E-state index contributed by atoms with van der Waals surface area (Å²) >= 11 is 0. The van der Waals surface area contributed by atoms with E-state index in [0.29, 0.717) is 48.6 Å². The number of nitrogens with zero attached hydrogens (tertiary/aromatic N) is 1. The Hall–Kier alpha value is -3.42. The van der Waals surface area contributed by atoms with Gasteiger partial charge in [-0.2, -0.15) is 0 Å². The van der Waals surface area contributed by atoms with Crippen molar-refractivity contribution in [1.82, 2.24) is 4.90 Å². The molecule has 0 unspecified atom stereocenters. The molecule has 3 aromatic rings. The molecule has 1 aliphatic rings. The molecular formula is C25H29NO7. The van der Waals surface area contributed by atoms with E-state index in [1.807, 2.05) is 32.9 Å². The lowest BCUT2D eigenvalue weighted by molar-refractivity contribution is 0.0127. The molecule has 0 bridgehead atoms. The van der Waals surface area contributed by atoms with E-state index < -0.39 is 11.2 Å². The lowest BCUT2D eigenvalue weighted by atomic mass is 10.1. The first-order valence-corrected chi connectivity index (χ1v) is 11.0. The number of fused-ring (bicyclic) bond motifs is 1. The van der Waals surface area contributed by atoms with Gasteiger partial charge in [0.25, 0.3) is 0 Å². The molecular weight excluding hydrogens is 426 g/mol. The maximum atomic E-state index is 12.2. The predicted molar refractivity (Wildman–Crippen MR) is 123 cm³/mol. The van der Waals surface area contributed by atoms with Crippen molar-refractivity contribution in [2.75, 3.05) is 13.1 Å². The summed E-state index contributed by atoms with van der Waals surface area (Å²) in [5.41, 5.74) is 0.108. The van der Waals surface area contributed by atoms with Crippen molar-refractivity contribution >= 4 is 17.1 Å². The van der Waals surface area contributed by atoms with Crippen LogP contribution in [0.1, 0.15) is 44.7 Å². The first kappa shape index (κ1) is 22.8. The molecule has 0 aliphatic carbocycles. The van der Waals surface area contributed by atoms with Crippen LogP contribution in [0, 0.1) is 13.8 Å². The minimum atomic E-state index is -0.602. The predicted octanol–water partition coefficient (Wildman–Crippen LogP) is 5.15. The highest BCUT2D eigenvalue weighted by atomic mass is 16.6. The fourth-order valence-electron chi connectivity index (χ4n) is 3.85. The summed E-state index contributed by atoms with van der Waals surface area (Å²) in [6, 6.07) is 7.24. The molecule has 4 rings (SSSR count). The summed E-state index contributed by atoms with van der Waals surface area (Å²) in [5.74, 6) is 1.16. The molecule has 8 heteroatoms. The molecule has 0 spiro atoms. The number of hydrogen-bond acceptors (Lipinski definition) is 7. The number of furan rings is 1. The highest BCUT2D eigenvalue weighted by molar-refractivity contribution is 5.84. The number of piperidine rings is 1. The minimum Gasteiger partial charge on any atom is -0.507 e. The summed E-state index contributed by atoms with van der Waals surface area (Å²) in [6.45, 7) is 9.90. The monoisotopic (exact) mass is 455 g/mol. The molecule has 33 heavy (non-hydrogen) atoms. The molecule has 8 nitrogen and oxygen atoms in total. The van der Waals surface area contributed by atoms with Gasteiger partial charge in [-0.3, -0.25) is 0 Å². The Morgan fingerprint density at radius 2 is 1.79 bits per heavy atom. The van der Waals surface area contributed by atoms with Gasteiger partial charge in [0.2, 0.25) is 0 Å². The zero-order valence-corrected chi connectivity index (χ0v) is 19.6. The van der Waals surface area contributed by atoms with E-state index in [4.69, 9.17) is 18.3 Å². The van der Waals surface area contributed by atoms with Crippen molar-refractivity contribution in [3.63, 3.8) is 0 Å². The number of likely N-dealkylation sites (tertiary alicyclic amines) is 1. The first-order valence-electron chi connectivity index (χ1n) is 11.0. The molecule has 0 saturated carbocycles. The zero-order chi connectivity index (χ0) is 23.9. The van der Waals surface area contributed by atoms with Crippen molar-refractivity contribution in [2.45, 2.75) is 59.2 Å². The average molecular weight is 456 g/mol. The highest BCUT2D eigenvalue weighted by Crippen LogP contribution is 2.35. The zero-order valence-electron chi connectivity index (χ0n) is 19.6. The van der Waals surface area contributed by atoms with Gasteiger partial charge in [-0.25, -0.2) is 9.59 Å². The van der Waals surface area contributed by atoms with Crippen LogP contribution in [0.25, 0.3) is 22.5 Å². The Kier molecular flexibility index (Phi) is 5.86. The second kappa shape index (κ2) is 8.50. The standard InChI is InChI=1S/C25H29NO7/c1-14-21(27)15(2)23(28)32-22(14)20-13-16-12-18(6-7-19(16)31-20)30-17-8-10-26(11-9-17)24(29)33-25(3,4)5/h6-7,12-13,17,27H,8-11H2,1-5H3. The summed E-state index contributed by atoms with van der Waals surface area (Å²) in [6.07, 6.45) is 1.11. The number of aromatic hydroxyl groups is 1. The largest absolute Gasteiger partial charge is 0.507 e. The Labute approximate surface area is 191 Å². The number of benzene rings is 1. The summed E-state index contributed by atoms with van der Waals surface area (Å²) in [4.78, 5) is 25.9. The maximum absolute atomic E-state index is 12.2. The molecule has 0 radical (unpaired) electrons. The van der Waals surface area contributed by atoms with Gasteiger partial charge in [0.05, 0.1) is 5.56 Å². The van der Waals surface area contributed by atoms with Crippen molar-refractivity contribution in [3.05, 3.63) is 45.8 Å². The van der Waals surface area contributed by atoms with Crippen molar-refractivity contribution < 1.29 is 28.2 Å². The lowest BCUT2D eigenvalue weighted by Crippen LogP contribution is -2.44. The Balaban J connectivity index is 1.46. The summed E-state index contributed by atoms with van der Waals surface area (Å²) in [7, 11) is 0. The Morgan fingerprint density at radius 1 is 1.09 bits per heavy atom. The van der Waals surface area contributed by atoms with E-state index in [1.54, 1.807) is 24.0 Å². The second-order valence-corrected chi connectivity index (χ2v) is 9.41. The van der Waals surface area contributed by atoms with Crippen LogP contribution in [-0.2, 0) is 4.74 Å². The van der Waals surface area contributed by atoms with Crippen molar-refractivity contribution in [2.24, 2.45) is 0 Å². The number of rotatable bonds is 3. The topological polar surface area (TPSA) is 102 Å². The molecule has 1 N–H and O–H groups in total. The van der Waals surface area contributed by atoms with Crippen LogP contribution in [0.4, 0.5) is 4.79 Å². The van der Waals surface area contributed by atoms with Crippen LogP contribution in [0.2, 0.25) is 0 Å². The van der Waals surface area contributed by atoms with E-state index in [9.17, 15) is 14.7 Å². The molecule has 1 saturated heterocycles. The normalized spacial score (nSPS) is 15.1. The minimum absolute atomic E-state index is 0.0122. The second-order valence-electron chi connectivity index (χ2n) is 9.41. The molecule has 3 heterocycles. The van der Waals surface area contributed by atoms with Crippen LogP contribution in [-0.4, -0.2) is 40.9 Å². The SMILES string of the molecule is Cc1c(-c2cc3cc(OC4CCN(C(=O)OC(C)(C)C)CC4)ccc3o2)oc(=O)c(C)c1O. The number of ether oxygens (including phenoxy) is 2. The van der Waals surface area contributed by atoms with Crippen LogP contribution in [0.15, 0.2) is 37.9 Å². The van der Waals surface area contributed by atoms with E-state index in [0.717, 1.165) is 5.39 Å². The van der Waals surface area contributed by atoms with Crippen LogP contribution in [0.3, 0.4) is 0 Å². The van der Waals surface area contributed by atoms with Gasteiger partial charge >= 0.3 is 11.7 Å². The third kappa shape index (κ3) is 4.84. The molecule has 0 atom stereocenters. The Morgan fingerprint density at radius 3 is 2.45 bits per heavy atom. The van der Waals surface area contributed by atoms with Gasteiger partial charge in [-0.1, -0.05) is 0 Å². The number of carbonyl (C=O) groups is 1. The summed E-state index contributed by atoms with van der Waals surface area (Å²) < 4.78 is 22.8. The van der Waals surface area contributed by atoms with Crippen molar-refractivity contribution in [1.29, 1.82) is 0 Å². The number of amides is 1. The third-order valence-electron chi connectivity index (χ3n) is 5.66. The van der Waals surface area contributed by atoms with Crippen LogP contribution in [0.5, 0.6) is 11.5 Å². The van der Waals surface area contributed by atoms with Gasteiger partial charge in [0.15, 0.2) is 11.5 Å². The smallest absolute Gasteiger partial charge is 0.410 e. The molecule has 2 aromatic heterocycles. The van der Waals surface area contributed by atoms with Gasteiger partial charge in [-0.05, 0) is 58.9 Å². The number of hydrogen-bond donors (Lipinski definition) is 1. The molecule has 1 fully saturated rings. The van der Waals surface area contributed by atoms with Gasteiger partial charge in [0, 0.05) is 36.9 Å². The van der Waals surface area contributed by atoms with Gasteiger partial charge in [0.1, 0.15) is 28.8 Å². The van der Waals surface area contributed by atoms with Crippen LogP contribution < -0.4 is 10.4 Å². The average Bonchev–Trinajstić information content (AvgIpc) is 3.17. The quantitative estimate of drug-likeness (QED) is 0.582. The maximum Gasteiger partial charge on any atom is 0.410 e. The van der Waals surface area contributed by atoms with E-state index in [2.05, 4.69) is 0 Å². The van der Waals surface area contributed by atoms with Gasteiger partial charge < -0.3 is 28.3 Å². The molecule has 1 aliphatic heterocycles. The van der Waals surface area contributed by atoms with Crippen LogP contribution >= 0.6 is 0 Å². The third-order valence-corrected chi connectivity index (χ3v) is 5.66. The number of carbonyl (C=O) groups excluding carboxylic acids is 1. The lowest BCUT2D eigenvalue weighted by Gasteiger charge is -2.33. The van der Waals surface area contributed by atoms with E-state index in [1.165, 1.54) is 6.92 Å². The summed E-state index contributed by atoms with van der Waals surface area (Å²) in [5, 5.41) is 11.0. The Bertz CT molecular complexity index is 1240. The fourth-order valence-corrected chi connectivity index (χ4v) is 3.85. The van der Waals surface area contributed by atoms with E-state index in [-0.39, 0.29) is 29.3 Å². The fraction of sp³-hybridized carbons (Fsp3) is 0.440. The van der Waals surface area contributed by atoms with Gasteiger partial charge in [-0.15, -0.1) is 0 Å². The van der Waals surface area contributed by atoms with Crippen molar-refractivity contribution in [3.8, 4) is 23.0 Å². The molecule has 176 valence electrons. The van der Waals surface area contributed by atoms with E-state index >= 15 is 0 Å². The molecule has 1 amide bonds. The molecule has 1 aromatic carbocycles. The highest BCUT2D eigenvalue weighted by Gasteiger charge is 2.28. The first-order chi connectivity index (χ1) is 15.5.